The van der Waals surface area contributed by atoms with E-state index in [1.165, 1.54) is 6.07 Å². The fraction of sp³-hybridized carbons (Fsp3) is 0.0476. The van der Waals surface area contributed by atoms with Crippen LogP contribution in [-0.4, -0.2) is 15.1 Å². The van der Waals surface area contributed by atoms with Gasteiger partial charge in [-0.3, -0.25) is 10.1 Å². The predicted octanol–water partition coefficient (Wildman–Crippen LogP) is 4.83. The van der Waals surface area contributed by atoms with E-state index in [0.717, 1.165) is 11.1 Å². The van der Waals surface area contributed by atoms with Crippen LogP contribution in [0.3, 0.4) is 0 Å². The van der Waals surface area contributed by atoms with Gasteiger partial charge in [-0.1, -0.05) is 72.8 Å². The first-order valence-corrected chi connectivity index (χ1v) is 8.41. The Morgan fingerprint density at radius 2 is 1.33 bits per heavy atom. The van der Waals surface area contributed by atoms with Gasteiger partial charge < -0.3 is 4.42 Å². The fourth-order valence-corrected chi connectivity index (χ4v) is 3.04. The monoisotopic (exact) mass is 357 g/mol. The van der Waals surface area contributed by atoms with Crippen LogP contribution in [0.25, 0.3) is 11.5 Å². The maximum absolute atomic E-state index is 11.3. The van der Waals surface area contributed by atoms with E-state index in [4.69, 9.17) is 4.42 Å². The molecule has 0 amide bonds. The third-order valence-corrected chi connectivity index (χ3v) is 4.28. The lowest BCUT2D eigenvalue weighted by molar-refractivity contribution is -0.384. The number of nitrogens with zero attached hydrogens (tertiary/aromatic N) is 3. The van der Waals surface area contributed by atoms with Crippen LogP contribution in [0.5, 0.6) is 0 Å². The van der Waals surface area contributed by atoms with Gasteiger partial charge >= 0.3 is 0 Å². The first kappa shape index (κ1) is 16.7. The van der Waals surface area contributed by atoms with Crippen LogP contribution in [0.15, 0.2) is 89.3 Å². The summed E-state index contributed by atoms with van der Waals surface area (Å²) in [5, 5.41) is 19.6. The Bertz CT molecular complexity index is 1020. The van der Waals surface area contributed by atoms with Gasteiger partial charge in [-0.25, -0.2) is 0 Å². The quantitative estimate of drug-likeness (QED) is 0.377. The van der Waals surface area contributed by atoms with Gasteiger partial charge in [0.15, 0.2) is 0 Å². The summed E-state index contributed by atoms with van der Waals surface area (Å²) in [6.07, 6.45) is 0. The molecule has 4 rings (SSSR count). The molecule has 6 heteroatoms. The van der Waals surface area contributed by atoms with Crippen molar-refractivity contribution >= 4 is 5.69 Å². The molecule has 1 aromatic heterocycles. The molecule has 1 heterocycles. The summed E-state index contributed by atoms with van der Waals surface area (Å²) in [6, 6.07) is 26.0. The third-order valence-electron chi connectivity index (χ3n) is 4.28. The smallest absolute Gasteiger partial charge is 0.282 e. The molecular weight excluding hydrogens is 342 g/mol. The zero-order chi connectivity index (χ0) is 18.6. The van der Waals surface area contributed by atoms with Crippen molar-refractivity contribution in [1.29, 1.82) is 0 Å². The van der Waals surface area contributed by atoms with E-state index < -0.39 is 4.92 Å². The van der Waals surface area contributed by atoms with Crippen molar-refractivity contribution in [3.05, 3.63) is 112 Å². The number of nitro groups is 1. The summed E-state index contributed by atoms with van der Waals surface area (Å²) in [7, 11) is 0. The molecular formula is C21H15N3O3. The van der Waals surface area contributed by atoms with E-state index in [0.29, 0.717) is 11.5 Å². The third kappa shape index (κ3) is 3.32. The Kier molecular flexibility index (Phi) is 4.45. The second-order valence-electron chi connectivity index (χ2n) is 5.97. The summed E-state index contributed by atoms with van der Waals surface area (Å²) in [6.45, 7) is 0. The summed E-state index contributed by atoms with van der Waals surface area (Å²) in [5.74, 6) is 0.270. The zero-order valence-electron chi connectivity index (χ0n) is 14.2. The van der Waals surface area contributed by atoms with E-state index in [1.54, 1.807) is 18.2 Å². The highest BCUT2D eigenvalue weighted by Gasteiger charge is 2.25. The van der Waals surface area contributed by atoms with Gasteiger partial charge in [-0.2, -0.15) is 0 Å². The van der Waals surface area contributed by atoms with E-state index in [9.17, 15) is 10.1 Å². The number of rotatable bonds is 5. The molecule has 6 nitrogen and oxygen atoms in total. The van der Waals surface area contributed by atoms with Crippen LogP contribution in [0.4, 0.5) is 5.69 Å². The first-order chi connectivity index (χ1) is 13.2. The van der Waals surface area contributed by atoms with Gasteiger partial charge in [0.1, 0.15) is 5.56 Å². The fourth-order valence-electron chi connectivity index (χ4n) is 3.04. The molecule has 0 radical (unpaired) electrons. The molecule has 4 aromatic rings. The standard InChI is InChI=1S/C21H15N3O3/c25-24(26)18-14-8-7-13-17(18)20-22-23-21(27-20)19(15-9-3-1-4-10-15)16-11-5-2-6-12-16/h1-14,19H. The van der Waals surface area contributed by atoms with Crippen LogP contribution >= 0.6 is 0 Å². The lowest BCUT2D eigenvalue weighted by atomic mass is 9.91. The van der Waals surface area contributed by atoms with Gasteiger partial charge in [-0.15, -0.1) is 10.2 Å². The second kappa shape index (κ2) is 7.21. The van der Waals surface area contributed by atoms with Gasteiger partial charge in [0.25, 0.3) is 11.6 Å². The van der Waals surface area contributed by atoms with Crippen molar-refractivity contribution in [2.24, 2.45) is 0 Å². The first-order valence-electron chi connectivity index (χ1n) is 8.41. The molecule has 27 heavy (non-hydrogen) atoms. The highest BCUT2D eigenvalue weighted by atomic mass is 16.6. The molecule has 132 valence electrons. The molecule has 0 unspecified atom stereocenters. The van der Waals surface area contributed by atoms with Gasteiger partial charge in [0, 0.05) is 6.07 Å². The Morgan fingerprint density at radius 1 is 0.778 bits per heavy atom. The molecule has 0 atom stereocenters. The Balaban J connectivity index is 1.81. The number of hydrogen-bond donors (Lipinski definition) is 0. The van der Waals surface area contributed by atoms with E-state index in [-0.39, 0.29) is 17.5 Å². The number of hydrogen-bond acceptors (Lipinski definition) is 5. The number of para-hydroxylation sites is 1. The highest BCUT2D eigenvalue weighted by Crippen LogP contribution is 2.34. The maximum atomic E-state index is 11.3. The average Bonchev–Trinajstić information content (AvgIpc) is 3.19. The minimum absolute atomic E-state index is 0.0660. The van der Waals surface area contributed by atoms with Crippen LogP contribution in [0.1, 0.15) is 22.9 Å². The van der Waals surface area contributed by atoms with Crippen molar-refractivity contribution in [2.75, 3.05) is 0 Å². The molecule has 0 N–H and O–H groups in total. The molecule has 0 aliphatic carbocycles. The van der Waals surface area contributed by atoms with E-state index >= 15 is 0 Å². The zero-order valence-corrected chi connectivity index (χ0v) is 14.2. The van der Waals surface area contributed by atoms with Crippen molar-refractivity contribution in [1.82, 2.24) is 10.2 Å². The van der Waals surface area contributed by atoms with Crippen molar-refractivity contribution in [2.45, 2.75) is 5.92 Å². The summed E-state index contributed by atoms with van der Waals surface area (Å²) < 4.78 is 5.90. The molecule has 0 saturated carbocycles. The minimum Gasteiger partial charge on any atom is -0.419 e. The van der Waals surface area contributed by atoms with Crippen LogP contribution in [0, 0.1) is 10.1 Å². The topological polar surface area (TPSA) is 82.1 Å². The van der Waals surface area contributed by atoms with Crippen LogP contribution < -0.4 is 0 Å². The number of benzene rings is 3. The lowest BCUT2D eigenvalue weighted by Gasteiger charge is -2.13. The molecule has 0 aliphatic heterocycles. The normalized spacial score (nSPS) is 10.9. The molecule has 0 fully saturated rings. The largest absolute Gasteiger partial charge is 0.419 e. The SMILES string of the molecule is O=[N+]([O-])c1ccccc1-c1nnc(C(c2ccccc2)c2ccccc2)o1. The van der Waals surface area contributed by atoms with Gasteiger partial charge in [-0.05, 0) is 17.2 Å². The van der Waals surface area contributed by atoms with Gasteiger partial charge in [0.2, 0.25) is 5.89 Å². The second-order valence-corrected chi connectivity index (χ2v) is 5.97. The summed E-state index contributed by atoms with van der Waals surface area (Å²) in [5.41, 5.74) is 2.24. The summed E-state index contributed by atoms with van der Waals surface area (Å²) in [4.78, 5) is 10.8. The minimum atomic E-state index is -0.453. The summed E-state index contributed by atoms with van der Waals surface area (Å²) >= 11 is 0. The van der Waals surface area contributed by atoms with Crippen molar-refractivity contribution < 1.29 is 9.34 Å². The maximum Gasteiger partial charge on any atom is 0.282 e. The Hall–Kier alpha value is -3.80. The molecule has 0 aliphatic rings. The number of nitro benzene ring substituents is 1. The highest BCUT2D eigenvalue weighted by molar-refractivity contribution is 5.66. The molecule has 0 saturated heterocycles. The van der Waals surface area contributed by atoms with E-state index in [1.807, 2.05) is 60.7 Å². The van der Waals surface area contributed by atoms with Crippen molar-refractivity contribution in [3.63, 3.8) is 0 Å². The van der Waals surface area contributed by atoms with E-state index in [2.05, 4.69) is 10.2 Å². The molecule has 3 aromatic carbocycles. The average molecular weight is 357 g/mol. The predicted molar refractivity (Wildman–Crippen MR) is 100 cm³/mol. The number of aromatic nitrogens is 2. The Morgan fingerprint density at radius 3 is 1.93 bits per heavy atom. The Labute approximate surface area is 155 Å². The lowest BCUT2D eigenvalue weighted by Crippen LogP contribution is -2.03. The van der Waals surface area contributed by atoms with Gasteiger partial charge in [0.05, 0.1) is 10.8 Å². The molecule has 0 spiro atoms. The van der Waals surface area contributed by atoms with Crippen LogP contribution in [0.2, 0.25) is 0 Å². The van der Waals surface area contributed by atoms with Crippen molar-refractivity contribution in [3.8, 4) is 11.5 Å². The van der Waals surface area contributed by atoms with Crippen LogP contribution in [-0.2, 0) is 0 Å². The molecule has 0 bridgehead atoms.